The Morgan fingerprint density at radius 3 is 2.85 bits per heavy atom. The highest BCUT2D eigenvalue weighted by Gasteiger charge is 2.23. The molecule has 0 aromatic heterocycles. The molecular formula is C10H21NO2. The van der Waals surface area contributed by atoms with Crippen LogP contribution in [-0.2, 0) is 9.47 Å². The van der Waals surface area contributed by atoms with Gasteiger partial charge >= 0.3 is 0 Å². The molecular weight excluding hydrogens is 166 g/mol. The van der Waals surface area contributed by atoms with Crippen molar-refractivity contribution in [2.45, 2.75) is 38.3 Å². The molecule has 3 nitrogen and oxygen atoms in total. The zero-order valence-electron chi connectivity index (χ0n) is 8.71. The summed E-state index contributed by atoms with van der Waals surface area (Å²) >= 11 is 0. The molecule has 1 saturated carbocycles. The van der Waals surface area contributed by atoms with E-state index in [2.05, 4.69) is 12.2 Å². The van der Waals surface area contributed by atoms with Gasteiger partial charge in [-0.05, 0) is 25.8 Å². The Balaban J connectivity index is 2.03. The summed E-state index contributed by atoms with van der Waals surface area (Å²) in [5, 5.41) is 3.45. The first-order chi connectivity index (χ1) is 6.36. The lowest BCUT2D eigenvalue weighted by atomic mass is 10.2. The van der Waals surface area contributed by atoms with E-state index in [-0.39, 0.29) is 0 Å². The van der Waals surface area contributed by atoms with E-state index in [0.29, 0.717) is 18.8 Å². The molecule has 0 spiro atoms. The normalized spacial score (nSPS) is 28.2. The number of ether oxygens (including phenoxy) is 2. The second kappa shape index (κ2) is 6.35. The summed E-state index contributed by atoms with van der Waals surface area (Å²) in [4.78, 5) is 0. The molecule has 13 heavy (non-hydrogen) atoms. The summed E-state index contributed by atoms with van der Waals surface area (Å²) in [5.41, 5.74) is 0. The first-order valence-electron chi connectivity index (χ1n) is 5.20. The molecule has 78 valence electrons. The fourth-order valence-corrected chi connectivity index (χ4v) is 1.86. The van der Waals surface area contributed by atoms with E-state index in [1.165, 1.54) is 12.8 Å². The first kappa shape index (κ1) is 11.0. The molecule has 0 heterocycles. The Morgan fingerprint density at radius 2 is 2.15 bits per heavy atom. The van der Waals surface area contributed by atoms with Crippen LogP contribution in [0.3, 0.4) is 0 Å². The van der Waals surface area contributed by atoms with Gasteiger partial charge in [0.2, 0.25) is 0 Å². The topological polar surface area (TPSA) is 30.5 Å². The minimum Gasteiger partial charge on any atom is -0.382 e. The zero-order chi connectivity index (χ0) is 9.52. The maximum absolute atomic E-state index is 5.65. The molecule has 2 atom stereocenters. The van der Waals surface area contributed by atoms with Crippen molar-refractivity contribution in [3.8, 4) is 0 Å². The fourth-order valence-electron chi connectivity index (χ4n) is 1.86. The number of nitrogens with one attached hydrogen (secondary N) is 1. The highest BCUT2D eigenvalue weighted by Crippen LogP contribution is 2.21. The highest BCUT2D eigenvalue weighted by atomic mass is 16.5. The van der Waals surface area contributed by atoms with Crippen LogP contribution in [0, 0.1) is 0 Å². The number of hydrogen-bond donors (Lipinski definition) is 1. The van der Waals surface area contributed by atoms with Crippen LogP contribution in [-0.4, -0.2) is 39.0 Å². The van der Waals surface area contributed by atoms with Gasteiger partial charge in [0, 0.05) is 13.2 Å². The van der Waals surface area contributed by atoms with Crippen LogP contribution < -0.4 is 5.32 Å². The molecule has 0 aromatic carbocycles. The van der Waals surface area contributed by atoms with E-state index in [0.717, 1.165) is 19.6 Å². The summed E-state index contributed by atoms with van der Waals surface area (Å²) in [6.45, 7) is 4.66. The van der Waals surface area contributed by atoms with Crippen LogP contribution >= 0.6 is 0 Å². The van der Waals surface area contributed by atoms with Crippen molar-refractivity contribution in [2.75, 3.05) is 26.9 Å². The third-order valence-corrected chi connectivity index (χ3v) is 2.52. The van der Waals surface area contributed by atoms with Gasteiger partial charge in [0.1, 0.15) is 0 Å². The number of hydrogen-bond acceptors (Lipinski definition) is 3. The monoisotopic (exact) mass is 187 g/mol. The maximum Gasteiger partial charge on any atom is 0.0704 e. The van der Waals surface area contributed by atoms with E-state index in [1.807, 2.05) is 0 Å². The Labute approximate surface area is 80.8 Å². The van der Waals surface area contributed by atoms with Gasteiger partial charge < -0.3 is 14.8 Å². The maximum atomic E-state index is 5.65. The smallest absolute Gasteiger partial charge is 0.0704 e. The predicted molar refractivity (Wildman–Crippen MR) is 52.9 cm³/mol. The van der Waals surface area contributed by atoms with E-state index in [4.69, 9.17) is 9.47 Å². The van der Waals surface area contributed by atoms with Crippen LogP contribution in [0.2, 0.25) is 0 Å². The van der Waals surface area contributed by atoms with Crippen molar-refractivity contribution >= 4 is 0 Å². The van der Waals surface area contributed by atoms with Crippen LogP contribution in [0.4, 0.5) is 0 Å². The van der Waals surface area contributed by atoms with Gasteiger partial charge in [0.15, 0.2) is 0 Å². The van der Waals surface area contributed by atoms with Crippen molar-refractivity contribution in [2.24, 2.45) is 0 Å². The molecule has 1 rings (SSSR count). The molecule has 1 aliphatic carbocycles. The molecule has 1 aliphatic rings. The second-order valence-corrected chi connectivity index (χ2v) is 3.55. The van der Waals surface area contributed by atoms with Gasteiger partial charge in [0.05, 0.1) is 19.3 Å². The van der Waals surface area contributed by atoms with Crippen molar-refractivity contribution in [3.63, 3.8) is 0 Å². The van der Waals surface area contributed by atoms with Crippen LogP contribution in [0.5, 0.6) is 0 Å². The first-order valence-corrected chi connectivity index (χ1v) is 5.20. The second-order valence-electron chi connectivity index (χ2n) is 3.55. The highest BCUT2D eigenvalue weighted by molar-refractivity contribution is 4.80. The fraction of sp³-hybridized carbons (Fsp3) is 1.00. The van der Waals surface area contributed by atoms with Crippen LogP contribution in [0.1, 0.15) is 26.2 Å². The van der Waals surface area contributed by atoms with E-state index in [1.54, 1.807) is 7.11 Å². The van der Waals surface area contributed by atoms with E-state index >= 15 is 0 Å². The number of methoxy groups -OCH3 is 1. The molecule has 3 heteroatoms. The minimum absolute atomic E-state index is 0.458. The summed E-state index contributed by atoms with van der Waals surface area (Å²) in [7, 11) is 1.71. The molecule has 0 radical (unpaired) electrons. The van der Waals surface area contributed by atoms with Gasteiger partial charge in [-0.3, -0.25) is 0 Å². The molecule has 0 amide bonds. The molecule has 0 aliphatic heterocycles. The SMILES string of the molecule is CCNC1CCC(OCCOC)C1. The summed E-state index contributed by atoms with van der Waals surface area (Å²) in [6, 6.07) is 0.678. The molecule has 1 N–H and O–H groups in total. The van der Waals surface area contributed by atoms with Gasteiger partial charge in [-0.1, -0.05) is 6.92 Å². The predicted octanol–water partition coefficient (Wildman–Crippen LogP) is 1.18. The van der Waals surface area contributed by atoms with Crippen LogP contribution in [0.25, 0.3) is 0 Å². The average molecular weight is 187 g/mol. The lowest BCUT2D eigenvalue weighted by Crippen LogP contribution is -2.27. The van der Waals surface area contributed by atoms with Crippen molar-refractivity contribution in [1.29, 1.82) is 0 Å². The Hall–Kier alpha value is -0.120. The molecule has 0 aromatic rings. The number of rotatable bonds is 6. The van der Waals surface area contributed by atoms with Crippen molar-refractivity contribution in [1.82, 2.24) is 5.32 Å². The molecule has 0 bridgehead atoms. The van der Waals surface area contributed by atoms with Gasteiger partial charge in [-0.15, -0.1) is 0 Å². The minimum atomic E-state index is 0.458. The molecule has 0 saturated heterocycles. The summed E-state index contributed by atoms with van der Waals surface area (Å²) in [5.74, 6) is 0. The lowest BCUT2D eigenvalue weighted by Gasteiger charge is -2.12. The standard InChI is InChI=1S/C10H21NO2/c1-3-11-9-4-5-10(8-9)13-7-6-12-2/h9-11H,3-8H2,1-2H3. The van der Waals surface area contributed by atoms with Crippen LogP contribution in [0.15, 0.2) is 0 Å². The third kappa shape index (κ3) is 4.07. The van der Waals surface area contributed by atoms with E-state index in [9.17, 15) is 0 Å². The Morgan fingerprint density at radius 1 is 1.31 bits per heavy atom. The largest absolute Gasteiger partial charge is 0.382 e. The summed E-state index contributed by atoms with van der Waals surface area (Å²) < 4.78 is 10.6. The third-order valence-electron chi connectivity index (χ3n) is 2.52. The van der Waals surface area contributed by atoms with Gasteiger partial charge in [0.25, 0.3) is 0 Å². The molecule has 2 unspecified atom stereocenters. The molecule has 1 fully saturated rings. The van der Waals surface area contributed by atoms with Crippen molar-refractivity contribution in [3.05, 3.63) is 0 Å². The quantitative estimate of drug-likeness (QED) is 0.633. The van der Waals surface area contributed by atoms with Crippen molar-refractivity contribution < 1.29 is 9.47 Å². The van der Waals surface area contributed by atoms with E-state index < -0.39 is 0 Å². The Kier molecular flexibility index (Phi) is 5.35. The van der Waals surface area contributed by atoms with Gasteiger partial charge in [-0.2, -0.15) is 0 Å². The lowest BCUT2D eigenvalue weighted by molar-refractivity contribution is 0.0200. The zero-order valence-corrected chi connectivity index (χ0v) is 8.71. The summed E-state index contributed by atoms with van der Waals surface area (Å²) in [6.07, 6.45) is 4.07. The average Bonchev–Trinajstić information content (AvgIpc) is 2.54. The van der Waals surface area contributed by atoms with Gasteiger partial charge in [-0.25, -0.2) is 0 Å². The Bertz CT molecular complexity index is 130.